The highest BCUT2D eigenvalue weighted by atomic mass is 15.1. The van der Waals surface area contributed by atoms with Gasteiger partial charge in [0.1, 0.15) is 6.07 Å². The zero-order valence-electron chi connectivity index (χ0n) is 12.1. The standard InChI is InChI=1S/C15H21N5/c1-19(2)11-18-15-6-5-14(8-12(15)9-16)20-7-3-4-13(17)10-20/h5-6,8,11,13H,3-4,7,10,17H2,1-2H3/t13-/m0/s1. The third kappa shape index (κ3) is 3.49. The fourth-order valence-electron chi connectivity index (χ4n) is 2.35. The van der Waals surface area contributed by atoms with E-state index in [1.165, 1.54) is 0 Å². The van der Waals surface area contributed by atoms with Crippen molar-refractivity contribution >= 4 is 17.7 Å². The van der Waals surface area contributed by atoms with Gasteiger partial charge in [-0.15, -0.1) is 0 Å². The van der Waals surface area contributed by atoms with E-state index < -0.39 is 0 Å². The van der Waals surface area contributed by atoms with Crippen LogP contribution in [0.25, 0.3) is 0 Å². The van der Waals surface area contributed by atoms with Crippen LogP contribution in [0.15, 0.2) is 23.2 Å². The molecule has 2 rings (SSSR count). The number of aliphatic imine (C=N–C) groups is 1. The third-order valence-electron chi connectivity index (χ3n) is 3.35. The first-order valence-corrected chi connectivity index (χ1v) is 6.85. The minimum atomic E-state index is 0.223. The van der Waals surface area contributed by atoms with Crippen molar-refractivity contribution < 1.29 is 0 Å². The first kappa shape index (κ1) is 14.4. The molecule has 0 aliphatic carbocycles. The van der Waals surface area contributed by atoms with E-state index in [9.17, 15) is 5.26 Å². The fraction of sp³-hybridized carbons (Fsp3) is 0.467. The van der Waals surface area contributed by atoms with E-state index >= 15 is 0 Å². The van der Waals surface area contributed by atoms with E-state index in [0.717, 1.165) is 31.6 Å². The lowest BCUT2D eigenvalue weighted by Crippen LogP contribution is -2.42. The molecule has 0 saturated carbocycles. The van der Waals surface area contributed by atoms with Gasteiger partial charge in [-0.05, 0) is 31.0 Å². The molecular formula is C15H21N5. The van der Waals surface area contributed by atoms with Crippen LogP contribution in [0.1, 0.15) is 18.4 Å². The van der Waals surface area contributed by atoms with E-state index in [1.54, 1.807) is 6.34 Å². The van der Waals surface area contributed by atoms with Crippen LogP contribution in [-0.2, 0) is 0 Å². The Morgan fingerprint density at radius 3 is 2.95 bits per heavy atom. The molecule has 20 heavy (non-hydrogen) atoms. The maximum absolute atomic E-state index is 9.28. The van der Waals surface area contributed by atoms with Gasteiger partial charge in [-0.2, -0.15) is 5.26 Å². The Labute approximate surface area is 120 Å². The van der Waals surface area contributed by atoms with Crippen molar-refractivity contribution in [1.29, 1.82) is 5.26 Å². The third-order valence-corrected chi connectivity index (χ3v) is 3.35. The normalized spacial score (nSPS) is 19.1. The second kappa shape index (κ2) is 6.40. The summed E-state index contributed by atoms with van der Waals surface area (Å²) in [5.74, 6) is 0. The maximum Gasteiger partial charge on any atom is 0.101 e. The molecule has 2 N–H and O–H groups in total. The highest BCUT2D eigenvalue weighted by Gasteiger charge is 2.17. The van der Waals surface area contributed by atoms with Gasteiger partial charge in [-0.1, -0.05) is 0 Å². The van der Waals surface area contributed by atoms with Crippen molar-refractivity contribution in [3.8, 4) is 6.07 Å². The molecule has 1 fully saturated rings. The number of anilines is 1. The molecule has 0 spiro atoms. The number of piperidine rings is 1. The highest BCUT2D eigenvalue weighted by molar-refractivity contribution is 5.68. The van der Waals surface area contributed by atoms with E-state index in [2.05, 4.69) is 16.0 Å². The van der Waals surface area contributed by atoms with Crippen LogP contribution in [0, 0.1) is 11.3 Å². The van der Waals surface area contributed by atoms with E-state index in [1.807, 2.05) is 37.2 Å². The molecule has 1 aromatic rings. The van der Waals surface area contributed by atoms with Crippen molar-refractivity contribution in [2.24, 2.45) is 10.7 Å². The highest BCUT2D eigenvalue weighted by Crippen LogP contribution is 2.26. The summed E-state index contributed by atoms with van der Waals surface area (Å²) in [6.07, 6.45) is 3.88. The summed E-state index contributed by atoms with van der Waals surface area (Å²) in [5.41, 5.74) is 8.36. The summed E-state index contributed by atoms with van der Waals surface area (Å²) in [6, 6.07) is 8.26. The van der Waals surface area contributed by atoms with E-state index in [4.69, 9.17) is 5.73 Å². The van der Waals surface area contributed by atoms with Crippen LogP contribution in [0.2, 0.25) is 0 Å². The fourth-order valence-corrected chi connectivity index (χ4v) is 2.35. The zero-order chi connectivity index (χ0) is 14.5. The number of hydrogen-bond acceptors (Lipinski definition) is 4. The minimum Gasteiger partial charge on any atom is -0.370 e. The van der Waals surface area contributed by atoms with Gasteiger partial charge < -0.3 is 15.5 Å². The summed E-state index contributed by atoms with van der Waals surface area (Å²) in [6.45, 7) is 1.85. The lowest BCUT2D eigenvalue weighted by Gasteiger charge is -2.32. The Morgan fingerprint density at radius 2 is 2.30 bits per heavy atom. The topological polar surface area (TPSA) is 68.7 Å². The molecule has 1 aromatic carbocycles. The summed E-state index contributed by atoms with van der Waals surface area (Å²) in [7, 11) is 3.80. The maximum atomic E-state index is 9.28. The van der Waals surface area contributed by atoms with Gasteiger partial charge >= 0.3 is 0 Å². The van der Waals surface area contributed by atoms with Crippen molar-refractivity contribution in [3.63, 3.8) is 0 Å². The Hall–Kier alpha value is -2.06. The van der Waals surface area contributed by atoms with Gasteiger partial charge in [0.15, 0.2) is 0 Å². The summed E-state index contributed by atoms with van der Waals surface area (Å²) in [5, 5.41) is 9.28. The van der Waals surface area contributed by atoms with Crippen LogP contribution < -0.4 is 10.6 Å². The van der Waals surface area contributed by atoms with Crippen LogP contribution in [-0.4, -0.2) is 44.5 Å². The van der Waals surface area contributed by atoms with Gasteiger partial charge in [0, 0.05) is 38.9 Å². The second-order valence-corrected chi connectivity index (χ2v) is 5.37. The number of nitrogens with two attached hydrogens (primary N) is 1. The van der Waals surface area contributed by atoms with Crippen molar-refractivity contribution in [3.05, 3.63) is 23.8 Å². The molecule has 0 bridgehead atoms. The quantitative estimate of drug-likeness (QED) is 0.671. The molecule has 1 aliphatic rings. The molecule has 1 saturated heterocycles. The molecule has 5 heteroatoms. The smallest absolute Gasteiger partial charge is 0.101 e. The lowest BCUT2D eigenvalue weighted by molar-refractivity contribution is 0.506. The van der Waals surface area contributed by atoms with Crippen LogP contribution in [0.4, 0.5) is 11.4 Å². The first-order valence-electron chi connectivity index (χ1n) is 6.85. The summed E-state index contributed by atoms with van der Waals surface area (Å²) < 4.78 is 0. The average Bonchev–Trinajstić information content (AvgIpc) is 2.44. The van der Waals surface area contributed by atoms with Gasteiger partial charge in [-0.3, -0.25) is 0 Å². The first-order chi connectivity index (χ1) is 9.60. The Kier molecular flexibility index (Phi) is 4.59. The molecule has 0 amide bonds. The molecule has 106 valence electrons. The SMILES string of the molecule is CN(C)C=Nc1ccc(N2CCC[C@H](N)C2)cc1C#N. The molecule has 0 radical (unpaired) electrons. The predicted octanol–water partition coefficient (Wildman–Crippen LogP) is 1.71. The largest absolute Gasteiger partial charge is 0.370 e. The van der Waals surface area contributed by atoms with Crippen LogP contribution in [0.5, 0.6) is 0 Å². The van der Waals surface area contributed by atoms with Gasteiger partial charge in [-0.25, -0.2) is 4.99 Å². The molecule has 1 atom stereocenters. The molecule has 0 aromatic heterocycles. The average molecular weight is 271 g/mol. The Bertz CT molecular complexity index is 530. The van der Waals surface area contributed by atoms with E-state index in [0.29, 0.717) is 11.3 Å². The number of rotatable bonds is 3. The summed E-state index contributed by atoms with van der Waals surface area (Å²) >= 11 is 0. The zero-order valence-corrected chi connectivity index (χ0v) is 12.1. The van der Waals surface area contributed by atoms with Crippen LogP contribution in [0.3, 0.4) is 0 Å². The number of nitrogens with zero attached hydrogens (tertiary/aromatic N) is 4. The van der Waals surface area contributed by atoms with Gasteiger partial charge in [0.05, 0.1) is 17.6 Å². The van der Waals surface area contributed by atoms with E-state index in [-0.39, 0.29) is 6.04 Å². The monoisotopic (exact) mass is 271 g/mol. The molecule has 5 nitrogen and oxygen atoms in total. The van der Waals surface area contributed by atoms with Crippen molar-refractivity contribution in [2.45, 2.75) is 18.9 Å². The van der Waals surface area contributed by atoms with Crippen LogP contribution >= 0.6 is 0 Å². The summed E-state index contributed by atoms with van der Waals surface area (Å²) in [4.78, 5) is 8.40. The Morgan fingerprint density at radius 1 is 1.50 bits per heavy atom. The lowest BCUT2D eigenvalue weighted by atomic mass is 10.0. The number of benzene rings is 1. The Balaban J connectivity index is 2.23. The number of nitriles is 1. The number of hydrogen-bond donors (Lipinski definition) is 1. The van der Waals surface area contributed by atoms with Crippen molar-refractivity contribution in [2.75, 3.05) is 32.1 Å². The molecule has 1 aliphatic heterocycles. The molecule has 1 heterocycles. The van der Waals surface area contributed by atoms with Crippen molar-refractivity contribution in [1.82, 2.24) is 4.90 Å². The molecule has 0 unspecified atom stereocenters. The van der Waals surface area contributed by atoms with Gasteiger partial charge in [0.2, 0.25) is 0 Å². The molecular weight excluding hydrogens is 250 g/mol. The minimum absolute atomic E-state index is 0.223. The predicted molar refractivity (Wildman–Crippen MR) is 82.4 cm³/mol. The second-order valence-electron chi connectivity index (χ2n) is 5.37. The van der Waals surface area contributed by atoms with Gasteiger partial charge in [0.25, 0.3) is 0 Å².